The van der Waals surface area contributed by atoms with E-state index in [9.17, 15) is 28.7 Å². The molecule has 0 bridgehead atoms. The summed E-state index contributed by atoms with van der Waals surface area (Å²) in [6.45, 7) is 2.27. The van der Waals surface area contributed by atoms with Gasteiger partial charge in [-0.15, -0.1) is 23.2 Å². The van der Waals surface area contributed by atoms with Crippen molar-refractivity contribution in [1.82, 2.24) is 9.80 Å². The zero-order valence-corrected chi connectivity index (χ0v) is 30.5. The normalized spacial score (nSPS) is 30.5. The summed E-state index contributed by atoms with van der Waals surface area (Å²) in [6.07, 6.45) is 6.74. The topological polar surface area (TPSA) is 107 Å². The summed E-state index contributed by atoms with van der Waals surface area (Å²) >= 11 is 14.9. The first-order chi connectivity index (χ1) is 25.5. The Morgan fingerprint density at radius 2 is 1.64 bits per heavy atom. The van der Waals surface area contributed by atoms with Gasteiger partial charge in [0.05, 0.1) is 24.6 Å². The molecule has 274 valence electrons. The monoisotopic (exact) mass is 757 g/mol. The van der Waals surface area contributed by atoms with Gasteiger partial charge in [0.1, 0.15) is 5.82 Å². The average molecular weight is 759 g/mol. The van der Waals surface area contributed by atoms with Crippen LogP contribution in [0.2, 0.25) is 0 Å². The first-order valence-electron chi connectivity index (χ1n) is 17.9. The third kappa shape index (κ3) is 5.60. The van der Waals surface area contributed by atoms with Crippen molar-refractivity contribution in [2.24, 2.45) is 23.7 Å². The second-order valence-electron chi connectivity index (χ2n) is 14.6. The van der Waals surface area contributed by atoms with Gasteiger partial charge in [-0.3, -0.25) is 29.0 Å². The molecule has 12 heteroatoms. The van der Waals surface area contributed by atoms with Crippen LogP contribution in [-0.4, -0.2) is 74.5 Å². The number of carbonyl (C=O) groups is 4. The van der Waals surface area contributed by atoms with E-state index in [1.807, 2.05) is 24.3 Å². The number of likely N-dealkylation sites (tertiary alicyclic amines) is 2. The molecule has 0 spiro atoms. The number of imide groups is 2. The number of hydrogen-bond acceptors (Lipinski definition) is 7. The predicted octanol–water partition coefficient (Wildman–Crippen LogP) is 6.31. The molecule has 4 amide bonds. The molecule has 3 aromatic carbocycles. The molecule has 1 N–H and O–H groups in total. The zero-order valence-electron chi connectivity index (χ0n) is 29.0. The van der Waals surface area contributed by atoms with Crippen molar-refractivity contribution in [1.29, 1.82) is 0 Å². The molecule has 9 nitrogen and oxygen atoms in total. The maximum Gasteiger partial charge on any atom is 0.258 e. The minimum Gasteiger partial charge on any atom is -0.504 e. The van der Waals surface area contributed by atoms with Crippen molar-refractivity contribution >= 4 is 58.6 Å². The number of allylic oxidation sites excluding steroid dienone is 3. The van der Waals surface area contributed by atoms with Crippen LogP contribution >= 0.6 is 23.2 Å². The number of hydrogen-bond donors (Lipinski definition) is 1. The second-order valence-corrected chi connectivity index (χ2v) is 15.9. The van der Waals surface area contributed by atoms with Gasteiger partial charge in [-0.05, 0) is 79.1 Å². The van der Waals surface area contributed by atoms with Crippen molar-refractivity contribution in [3.8, 4) is 11.5 Å². The Labute approximate surface area is 316 Å². The van der Waals surface area contributed by atoms with E-state index in [1.54, 1.807) is 24.3 Å². The highest BCUT2D eigenvalue weighted by atomic mass is 35.5. The number of carbonyl (C=O) groups excluding carboxylic acids is 4. The molecule has 4 fully saturated rings. The van der Waals surface area contributed by atoms with Crippen LogP contribution in [0.15, 0.2) is 90.5 Å². The Kier molecular flexibility index (Phi) is 8.99. The number of anilines is 1. The quantitative estimate of drug-likeness (QED) is 0.171. The Balaban J connectivity index is 1.13. The van der Waals surface area contributed by atoms with Crippen molar-refractivity contribution < 1.29 is 33.4 Å². The number of amides is 4. The molecule has 1 saturated carbocycles. The van der Waals surface area contributed by atoms with Crippen LogP contribution in [0.4, 0.5) is 10.1 Å². The Bertz CT molecular complexity index is 2050. The number of piperidine rings is 1. The minimum absolute atomic E-state index is 0.0562. The van der Waals surface area contributed by atoms with Crippen LogP contribution in [0.5, 0.6) is 11.5 Å². The molecule has 6 atom stereocenters. The summed E-state index contributed by atoms with van der Waals surface area (Å²) in [5.74, 6) is -5.44. The maximum absolute atomic E-state index is 14.5. The summed E-state index contributed by atoms with van der Waals surface area (Å²) in [7, 11) is 1.43. The highest BCUT2D eigenvalue weighted by Gasteiger charge is 2.76. The summed E-state index contributed by atoms with van der Waals surface area (Å²) in [5.41, 5.74) is 2.61. The van der Waals surface area contributed by atoms with E-state index in [-0.39, 0.29) is 47.9 Å². The van der Waals surface area contributed by atoms with Gasteiger partial charge in [0.2, 0.25) is 11.8 Å². The fourth-order valence-corrected chi connectivity index (χ4v) is 10.1. The van der Waals surface area contributed by atoms with E-state index in [0.717, 1.165) is 36.7 Å². The number of alkyl halides is 2. The first kappa shape index (κ1) is 35.5. The highest BCUT2D eigenvalue weighted by molar-refractivity contribution is 6.58. The molecule has 3 saturated heterocycles. The second kappa shape index (κ2) is 13.4. The molecule has 3 aromatic rings. The number of methoxy groups -OCH3 is 1. The van der Waals surface area contributed by atoms with Gasteiger partial charge in [0, 0.05) is 31.6 Å². The summed E-state index contributed by atoms with van der Waals surface area (Å²) in [6, 6.07) is 19.6. The van der Waals surface area contributed by atoms with Crippen LogP contribution in [-0.2, 0) is 25.7 Å². The predicted molar refractivity (Wildman–Crippen MR) is 198 cm³/mol. The van der Waals surface area contributed by atoms with Crippen LogP contribution < -0.4 is 9.64 Å². The van der Waals surface area contributed by atoms with E-state index in [0.29, 0.717) is 24.0 Å². The summed E-state index contributed by atoms with van der Waals surface area (Å²) in [5, 5.41) is 10.2. The van der Waals surface area contributed by atoms with E-state index < -0.39 is 51.1 Å². The van der Waals surface area contributed by atoms with Crippen molar-refractivity contribution in [2.75, 3.05) is 25.1 Å². The molecule has 53 heavy (non-hydrogen) atoms. The molecule has 3 aliphatic heterocycles. The molecule has 0 radical (unpaired) electrons. The number of halogens is 3. The van der Waals surface area contributed by atoms with Gasteiger partial charge in [-0.1, -0.05) is 60.2 Å². The van der Waals surface area contributed by atoms with Gasteiger partial charge < -0.3 is 9.84 Å². The number of fused-ring (bicyclic) bond motifs is 4. The number of nitrogens with zero attached hydrogens (tertiary/aromatic N) is 3. The number of ether oxygens (including phenoxy) is 1. The third-order valence-electron chi connectivity index (χ3n) is 11.8. The number of aromatic hydroxyl groups is 1. The van der Waals surface area contributed by atoms with Crippen LogP contribution in [0, 0.1) is 29.5 Å². The number of rotatable bonds is 7. The number of phenolic OH excluding ortho intramolecular Hbond substituents is 1. The largest absolute Gasteiger partial charge is 0.504 e. The Hall–Kier alpha value is -4.51. The van der Waals surface area contributed by atoms with Crippen LogP contribution in [0.3, 0.4) is 0 Å². The van der Waals surface area contributed by atoms with E-state index >= 15 is 0 Å². The molecule has 5 aliphatic rings. The summed E-state index contributed by atoms with van der Waals surface area (Å²) in [4.78, 5) is 58.3. The lowest BCUT2D eigenvalue weighted by molar-refractivity contribution is -0.144. The fourth-order valence-electron chi connectivity index (χ4n) is 9.21. The maximum atomic E-state index is 14.5. The third-order valence-corrected chi connectivity index (χ3v) is 13.3. The summed E-state index contributed by atoms with van der Waals surface area (Å²) < 4.78 is 19.2. The van der Waals surface area contributed by atoms with Gasteiger partial charge in [-0.25, -0.2) is 9.29 Å². The molecule has 0 unspecified atom stereocenters. The van der Waals surface area contributed by atoms with E-state index in [2.05, 4.69) is 17.0 Å². The lowest BCUT2D eigenvalue weighted by atomic mass is 9.57. The van der Waals surface area contributed by atoms with Gasteiger partial charge >= 0.3 is 0 Å². The lowest BCUT2D eigenvalue weighted by Crippen LogP contribution is -2.60. The lowest BCUT2D eigenvalue weighted by Gasteiger charge is -2.49. The Morgan fingerprint density at radius 1 is 0.925 bits per heavy atom. The standard InChI is InChI=1S/C41H38Cl2FN3O6/c1-53-34-21-24(8-16-33(34)48)7-15-32-29-13-14-30-35(37(50)46(36(30)49)28-17-19-45(20-18-28)23-25-5-3-2-4-6-25)31(29)22-40(42)38(51)47(39(52)41(32,40)43)27-11-9-26(44)10-12-27/h2-13,15-16,21,28,30-32,35,48H,14,17-20,22-23H2,1H3/t30-,31+,32-,35-,40+,41-/m0/s1. The molecule has 8 rings (SSSR count). The average Bonchev–Trinajstić information content (AvgIpc) is 3.50. The number of phenols is 1. The molecular formula is C41H38Cl2FN3O6. The van der Waals surface area contributed by atoms with Crippen molar-refractivity contribution in [3.05, 3.63) is 107 Å². The smallest absolute Gasteiger partial charge is 0.258 e. The van der Waals surface area contributed by atoms with E-state index in [4.69, 9.17) is 27.9 Å². The first-order valence-corrected chi connectivity index (χ1v) is 18.6. The zero-order chi connectivity index (χ0) is 37.2. The van der Waals surface area contributed by atoms with Crippen LogP contribution in [0.25, 0.3) is 6.08 Å². The van der Waals surface area contributed by atoms with Gasteiger partial charge in [0.25, 0.3) is 11.8 Å². The van der Waals surface area contributed by atoms with E-state index in [1.165, 1.54) is 35.8 Å². The molecule has 2 aliphatic carbocycles. The molecule has 3 heterocycles. The van der Waals surface area contributed by atoms with Crippen LogP contribution in [0.1, 0.15) is 36.8 Å². The van der Waals surface area contributed by atoms with Gasteiger partial charge in [0.15, 0.2) is 21.2 Å². The molecule has 0 aromatic heterocycles. The van der Waals surface area contributed by atoms with Gasteiger partial charge in [-0.2, -0.15) is 0 Å². The number of benzene rings is 3. The minimum atomic E-state index is -2.02. The highest BCUT2D eigenvalue weighted by Crippen LogP contribution is 2.63. The fraction of sp³-hybridized carbons (Fsp3) is 0.366. The SMILES string of the molecule is COc1cc(C=C[C@H]2C3=CC[C@@H]4C(=O)N(C5CCN(Cc6ccccc6)CC5)C(=O)[C@@H]4[C@@H]3C[C@@]3(Cl)C(=O)N(c4ccc(F)cc4)C(=O)[C@@]23Cl)ccc1O. The Morgan fingerprint density at radius 3 is 2.34 bits per heavy atom. The van der Waals surface area contributed by atoms with Crippen molar-refractivity contribution in [2.45, 2.75) is 48.0 Å². The van der Waals surface area contributed by atoms with Crippen molar-refractivity contribution in [3.63, 3.8) is 0 Å². The molecular weight excluding hydrogens is 720 g/mol.